The highest BCUT2D eigenvalue weighted by molar-refractivity contribution is 7.85. The molecule has 1 aromatic carbocycles. The maximum absolute atomic E-state index is 10.6. The summed E-state index contributed by atoms with van der Waals surface area (Å²) in [7, 11) is -4.41. The van der Waals surface area contributed by atoms with Crippen LogP contribution in [0, 0.1) is 10.1 Å². The lowest BCUT2D eigenvalue weighted by atomic mass is 10.3. The molecule has 0 unspecified atom stereocenters. The summed E-state index contributed by atoms with van der Waals surface area (Å²) in [5.74, 6) is 0. The number of nitro groups is 1. The molecule has 8 heteroatoms. The van der Waals surface area contributed by atoms with E-state index in [1.54, 1.807) is 0 Å². The van der Waals surface area contributed by atoms with Crippen molar-refractivity contribution in [3.63, 3.8) is 0 Å². The van der Waals surface area contributed by atoms with Crippen LogP contribution in [0.2, 0.25) is 0 Å². The van der Waals surface area contributed by atoms with E-state index in [0.717, 1.165) is 18.2 Å². The average Bonchev–Trinajstić information content (AvgIpc) is 2.02. The third kappa shape index (κ3) is 2.22. The van der Waals surface area contributed by atoms with Crippen molar-refractivity contribution in [2.45, 2.75) is 9.79 Å². The summed E-state index contributed by atoms with van der Waals surface area (Å²) in [6.07, 6.45) is 0. The molecule has 1 N–H and O–H groups in total. The molecule has 0 amide bonds. The van der Waals surface area contributed by atoms with E-state index in [0.29, 0.717) is 0 Å². The van der Waals surface area contributed by atoms with Gasteiger partial charge in [-0.1, -0.05) is 0 Å². The van der Waals surface area contributed by atoms with E-state index in [1.807, 2.05) is 0 Å². The van der Waals surface area contributed by atoms with E-state index < -0.39 is 25.6 Å². The Hall–Kier alpha value is -1.12. The Kier molecular flexibility index (Phi) is 2.79. The molecule has 0 atom stereocenters. The molecule has 0 saturated carbocycles. The van der Waals surface area contributed by atoms with Crippen molar-refractivity contribution in [1.29, 1.82) is 0 Å². The molecule has 14 heavy (non-hydrogen) atoms. The molecule has 0 heterocycles. The van der Waals surface area contributed by atoms with Gasteiger partial charge in [0.15, 0.2) is 0 Å². The molecular formula is C6H5NO5S2. The first-order chi connectivity index (χ1) is 6.32. The summed E-state index contributed by atoms with van der Waals surface area (Å²) < 4.78 is 29.9. The Labute approximate surface area is 84.9 Å². The first-order valence-corrected chi connectivity index (χ1v) is 5.16. The minimum Gasteiger partial charge on any atom is -0.282 e. The van der Waals surface area contributed by atoms with Crippen LogP contribution in [-0.2, 0) is 10.1 Å². The largest absolute Gasteiger partial charge is 0.294 e. The highest BCUT2D eigenvalue weighted by Crippen LogP contribution is 2.25. The maximum Gasteiger partial charge on any atom is 0.294 e. The van der Waals surface area contributed by atoms with Crippen LogP contribution in [0.25, 0.3) is 0 Å². The summed E-state index contributed by atoms with van der Waals surface area (Å²) in [5.41, 5.74) is -0.469. The van der Waals surface area contributed by atoms with Crippen LogP contribution in [0.3, 0.4) is 0 Å². The van der Waals surface area contributed by atoms with E-state index in [2.05, 4.69) is 12.6 Å². The molecular weight excluding hydrogens is 230 g/mol. The second-order valence-corrected chi connectivity index (χ2v) is 4.29. The average molecular weight is 235 g/mol. The Morgan fingerprint density at radius 3 is 2.43 bits per heavy atom. The molecule has 0 fully saturated rings. The number of thiol groups is 1. The fraction of sp³-hybridized carbons (Fsp3) is 0. The summed E-state index contributed by atoms with van der Waals surface area (Å²) in [6.45, 7) is 0. The van der Waals surface area contributed by atoms with Crippen molar-refractivity contribution < 1.29 is 17.9 Å². The van der Waals surface area contributed by atoms with Gasteiger partial charge < -0.3 is 0 Å². The normalized spacial score (nSPS) is 11.3. The molecule has 0 aliphatic rings. The van der Waals surface area contributed by atoms with E-state index in [1.165, 1.54) is 0 Å². The standard InChI is InChI=1S/C6H5NO5S2/c8-7(9)5-3-4(14(10,11)12)1-2-6(5)13/h1-3,13H,(H,10,11,12). The predicted octanol–water partition coefficient (Wildman–Crippen LogP) is 1.13. The van der Waals surface area contributed by atoms with E-state index >= 15 is 0 Å². The molecule has 0 spiro atoms. The molecule has 1 aromatic rings. The highest BCUT2D eigenvalue weighted by atomic mass is 32.2. The summed E-state index contributed by atoms with van der Waals surface area (Å²) in [5, 5.41) is 10.4. The van der Waals surface area contributed by atoms with Crippen molar-refractivity contribution in [2.75, 3.05) is 0 Å². The Balaban J connectivity index is 3.42. The van der Waals surface area contributed by atoms with Gasteiger partial charge in [-0.15, -0.1) is 12.6 Å². The fourth-order valence-corrected chi connectivity index (χ4v) is 1.53. The van der Waals surface area contributed by atoms with E-state index in [9.17, 15) is 18.5 Å². The minimum atomic E-state index is -4.41. The minimum absolute atomic E-state index is 0.0300. The van der Waals surface area contributed by atoms with Gasteiger partial charge in [0, 0.05) is 6.07 Å². The zero-order valence-corrected chi connectivity index (χ0v) is 8.33. The Morgan fingerprint density at radius 1 is 1.43 bits per heavy atom. The summed E-state index contributed by atoms with van der Waals surface area (Å²) in [4.78, 5) is 9.10. The molecule has 0 aliphatic carbocycles. The third-order valence-electron chi connectivity index (χ3n) is 1.44. The lowest BCUT2D eigenvalue weighted by Gasteiger charge is -1.98. The summed E-state index contributed by atoms with van der Waals surface area (Å²) >= 11 is 3.76. The van der Waals surface area contributed by atoms with Crippen LogP contribution in [-0.4, -0.2) is 17.9 Å². The quantitative estimate of drug-likeness (QED) is 0.346. The van der Waals surface area contributed by atoms with Crippen LogP contribution >= 0.6 is 12.6 Å². The fourth-order valence-electron chi connectivity index (χ4n) is 0.810. The molecule has 0 saturated heterocycles. The molecule has 6 nitrogen and oxygen atoms in total. The van der Waals surface area contributed by atoms with Crippen LogP contribution in [0.1, 0.15) is 0 Å². The van der Waals surface area contributed by atoms with Gasteiger partial charge in [0.2, 0.25) is 0 Å². The van der Waals surface area contributed by atoms with Crippen LogP contribution in [0.4, 0.5) is 5.69 Å². The number of nitro benzene ring substituents is 1. The number of rotatable bonds is 2. The number of nitrogens with zero attached hydrogens (tertiary/aromatic N) is 1. The zero-order chi connectivity index (χ0) is 10.9. The van der Waals surface area contributed by atoms with Crippen LogP contribution in [0.5, 0.6) is 0 Å². The maximum atomic E-state index is 10.6. The van der Waals surface area contributed by atoms with Gasteiger partial charge in [-0.25, -0.2) is 0 Å². The molecule has 0 bridgehead atoms. The summed E-state index contributed by atoms with van der Waals surface area (Å²) in [6, 6.07) is 2.91. The molecule has 0 aromatic heterocycles. The topological polar surface area (TPSA) is 97.5 Å². The lowest BCUT2D eigenvalue weighted by molar-refractivity contribution is -0.387. The highest BCUT2D eigenvalue weighted by Gasteiger charge is 2.17. The first kappa shape index (κ1) is 11.0. The van der Waals surface area contributed by atoms with Gasteiger partial charge in [-0.2, -0.15) is 8.42 Å². The molecule has 1 rings (SSSR count). The Bertz CT molecular complexity index is 481. The van der Waals surface area contributed by atoms with Gasteiger partial charge in [-0.3, -0.25) is 14.7 Å². The van der Waals surface area contributed by atoms with Crippen LogP contribution < -0.4 is 0 Å². The smallest absolute Gasteiger partial charge is 0.282 e. The third-order valence-corrected chi connectivity index (χ3v) is 2.67. The van der Waals surface area contributed by atoms with Crippen molar-refractivity contribution >= 4 is 28.4 Å². The number of hydrogen-bond acceptors (Lipinski definition) is 5. The monoisotopic (exact) mass is 235 g/mol. The lowest BCUT2D eigenvalue weighted by Crippen LogP contribution is -1.99. The second-order valence-electron chi connectivity index (χ2n) is 2.38. The van der Waals surface area contributed by atoms with Gasteiger partial charge in [-0.05, 0) is 12.1 Å². The second kappa shape index (κ2) is 3.56. The van der Waals surface area contributed by atoms with Gasteiger partial charge in [0.1, 0.15) is 4.90 Å². The van der Waals surface area contributed by atoms with Crippen molar-refractivity contribution in [3.05, 3.63) is 28.3 Å². The zero-order valence-electron chi connectivity index (χ0n) is 6.61. The molecule has 0 aliphatic heterocycles. The van der Waals surface area contributed by atoms with E-state index in [-0.39, 0.29) is 4.90 Å². The van der Waals surface area contributed by atoms with Crippen molar-refractivity contribution in [2.24, 2.45) is 0 Å². The van der Waals surface area contributed by atoms with E-state index in [4.69, 9.17) is 4.55 Å². The Morgan fingerprint density at radius 2 is 2.00 bits per heavy atom. The van der Waals surface area contributed by atoms with Gasteiger partial charge >= 0.3 is 0 Å². The van der Waals surface area contributed by atoms with Gasteiger partial charge in [0.05, 0.1) is 9.82 Å². The molecule has 76 valence electrons. The SMILES string of the molecule is O=[N+]([O-])c1cc(S(=O)(=O)O)ccc1S. The van der Waals surface area contributed by atoms with Crippen molar-refractivity contribution in [3.8, 4) is 0 Å². The predicted molar refractivity (Wildman–Crippen MR) is 50.2 cm³/mol. The molecule has 0 radical (unpaired) electrons. The first-order valence-electron chi connectivity index (χ1n) is 3.27. The van der Waals surface area contributed by atoms with Crippen LogP contribution in [0.15, 0.2) is 28.0 Å². The van der Waals surface area contributed by atoms with Crippen molar-refractivity contribution in [1.82, 2.24) is 0 Å². The number of benzene rings is 1. The number of hydrogen-bond donors (Lipinski definition) is 2. The van der Waals surface area contributed by atoms with Gasteiger partial charge in [0.25, 0.3) is 15.8 Å².